The number of hydrogen-bond acceptors (Lipinski definition) is 6. The third kappa shape index (κ3) is 5.25. The molecular formula is C24H28N4O2S. The van der Waals surface area contributed by atoms with E-state index in [1.807, 2.05) is 55.6 Å². The summed E-state index contributed by atoms with van der Waals surface area (Å²) in [6.07, 6.45) is 0.549. The molecule has 1 aliphatic rings. The lowest BCUT2D eigenvalue weighted by Gasteiger charge is -2.19. The molecule has 4 rings (SSSR count). The van der Waals surface area contributed by atoms with Crippen LogP contribution in [0.2, 0.25) is 0 Å². The van der Waals surface area contributed by atoms with Crippen molar-refractivity contribution in [1.29, 1.82) is 0 Å². The fourth-order valence-electron chi connectivity index (χ4n) is 3.77. The Labute approximate surface area is 186 Å². The minimum absolute atomic E-state index is 0.104. The first-order valence-corrected chi connectivity index (χ1v) is 11.3. The quantitative estimate of drug-likeness (QED) is 0.417. The number of rotatable bonds is 7. The van der Waals surface area contributed by atoms with Gasteiger partial charge in [0.2, 0.25) is 0 Å². The van der Waals surface area contributed by atoms with E-state index in [1.54, 1.807) is 6.92 Å². The van der Waals surface area contributed by atoms with Crippen molar-refractivity contribution in [3.8, 4) is 10.4 Å². The molecule has 1 amide bonds. The van der Waals surface area contributed by atoms with Gasteiger partial charge in [-0.25, -0.2) is 0 Å². The summed E-state index contributed by atoms with van der Waals surface area (Å²) in [6, 6.07) is 20.2. The summed E-state index contributed by atoms with van der Waals surface area (Å²) in [6.45, 7) is 3.73. The van der Waals surface area contributed by atoms with E-state index in [9.17, 15) is 9.90 Å². The summed E-state index contributed by atoms with van der Waals surface area (Å²) in [5.74, 6) is -0.104. The molecule has 1 saturated heterocycles. The van der Waals surface area contributed by atoms with Crippen LogP contribution in [0, 0.1) is 0 Å². The van der Waals surface area contributed by atoms with Gasteiger partial charge in [-0.3, -0.25) is 4.79 Å². The summed E-state index contributed by atoms with van der Waals surface area (Å²) in [7, 11) is 2.01. The Kier molecular flexibility index (Phi) is 6.56. The summed E-state index contributed by atoms with van der Waals surface area (Å²) < 4.78 is 0. The van der Waals surface area contributed by atoms with E-state index >= 15 is 0 Å². The van der Waals surface area contributed by atoms with Crippen molar-refractivity contribution in [3.63, 3.8) is 0 Å². The molecule has 0 aliphatic carbocycles. The molecule has 162 valence electrons. The molecule has 0 saturated carbocycles. The number of aliphatic hydroxyl groups is 1. The molecule has 7 heteroatoms. The Morgan fingerprint density at radius 3 is 2.42 bits per heavy atom. The molecule has 6 nitrogen and oxygen atoms in total. The largest absolute Gasteiger partial charge is 0.374 e. The van der Waals surface area contributed by atoms with Crippen LogP contribution < -0.4 is 20.9 Å². The highest BCUT2D eigenvalue weighted by molar-refractivity contribution is 7.17. The molecular weight excluding hydrogens is 408 g/mol. The number of carbonyl (C=O) groups is 1. The Hall–Kier alpha value is -2.87. The molecule has 2 unspecified atom stereocenters. The fourth-order valence-corrected chi connectivity index (χ4v) is 4.67. The van der Waals surface area contributed by atoms with E-state index in [0.717, 1.165) is 41.3 Å². The third-order valence-electron chi connectivity index (χ3n) is 5.46. The van der Waals surface area contributed by atoms with Crippen LogP contribution in [0.25, 0.3) is 10.4 Å². The van der Waals surface area contributed by atoms with Gasteiger partial charge in [0, 0.05) is 41.1 Å². The molecule has 1 aliphatic heterocycles. The van der Waals surface area contributed by atoms with E-state index in [2.05, 4.69) is 33.0 Å². The molecule has 4 N–H and O–H groups in total. The van der Waals surface area contributed by atoms with E-state index < -0.39 is 6.23 Å². The van der Waals surface area contributed by atoms with Gasteiger partial charge >= 0.3 is 0 Å². The molecule has 2 aromatic carbocycles. The Balaban J connectivity index is 1.38. The van der Waals surface area contributed by atoms with Gasteiger partial charge in [-0.1, -0.05) is 12.1 Å². The second kappa shape index (κ2) is 9.51. The zero-order valence-corrected chi connectivity index (χ0v) is 18.6. The maximum Gasteiger partial charge on any atom is 0.265 e. The third-order valence-corrected chi connectivity index (χ3v) is 6.59. The van der Waals surface area contributed by atoms with Gasteiger partial charge in [0.05, 0.1) is 4.88 Å². The number of likely N-dealkylation sites (N-methyl/N-ethyl adjacent to an activating group) is 1. The van der Waals surface area contributed by atoms with Crippen LogP contribution in [-0.2, 0) is 0 Å². The van der Waals surface area contributed by atoms with Gasteiger partial charge < -0.3 is 26.0 Å². The number of hydrogen-bond donors (Lipinski definition) is 4. The Bertz CT molecular complexity index is 1010. The van der Waals surface area contributed by atoms with Crippen molar-refractivity contribution in [2.24, 2.45) is 0 Å². The lowest BCUT2D eigenvalue weighted by Crippen LogP contribution is -2.29. The van der Waals surface area contributed by atoms with Gasteiger partial charge in [0.25, 0.3) is 5.91 Å². The molecule has 0 spiro atoms. The van der Waals surface area contributed by atoms with E-state index in [-0.39, 0.29) is 5.91 Å². The number of aliphatic hydroxyl groups excluding tert-OH is 1. The second-order valence-corrected chi connectivity index (χ2v) is 8.87. The normalized spacial score (nSPS) is 16.9. The first-order valence-electron chi connectivity index (χ1n) is 10.5. The average Bonchev–Trinajstić information content (AvgIpc) is 3.44. The molecule has 0 bridgehead atoms. The van der Waals surface area contributed by atoms with E-state index in [4.69, 9.17) is 0 Å². The van der Waals surface area contributed by atoms with Crippen LogP contribution >= 0.6 is 11.3 Å². The molecule has 2 atom stereocenters. The Morgan fingerprint density at radius 2 is 1.77 bits per heavy atom. The SMILES string of the molecule is CNC1CCN(c2ccc(NC(=O)c3ccc(-c4ccc(NC(C)O)cc4)s3)cc2)C1. The Morgan fingerprint density at radius 1 is 1.06 bits per heavy atom. The first kappa shape index (κ1) is 21.4. The molecule has 1 fully saturated rings. The maximum absolute atomic E-state index is 12.7. The van der Waals surface area contributed by atoms with Crippen molar-refractivity contribution in [2.45, 2.75) is 25.6 Å². The predicted octanol–water partition coefficient (Wildman–Crippen LogP) is 4.22. The van der Waals surface area contributed by atoms with E-state index in [0.29, 0.717) is 10.9 Å². The van der Waals surface area contributed by atoms with Crippen molar-refractivity contribution < 1.29 is 9.90 Å². The van der Waals surface area contributed by atoms with Crippen LogP contribution in [0.1, 0.15) is 23.0 Å². The van der Waals surface area contributed by atoms with Crippen LogP contribution in [0.5, 0.6) is 0 Å². The van der Waals surface area contributed by atoms with Crippen molar-refractivity contribution in [3.05, 3.63) is 65.5 Å². The second-order valence-electron chi connectivity index (χ2n) is 7.78. The van der Waals surface area contributed by atoms with Crippen LogP contribution in [0.3, 0.4) is 0 Å². The van der Waals surface area contributed by atoms with Gasteiger partial charge in [-0.05, 0) is 74.5 Å². The van der Waals surface area contributed by atoms with Gasteiger partial charge in [-0.15, -0.1) is 11.3 Å². The molecule has 3 aromatic rings. The van der Waals surface area contributed by atoms with Gasteiger partial charge in [0.15, 0.2) is 0 Å². The van der Waals surface area contributed by atoms with Crippen molar-refractivity contribution in [2.75, 3.05) is 35.7 Å². The minimum atomic E-state index is -0.599. The molecule has 31 heavy (non-hydrogen) atoms. The topological polar surface area (TPSA) is 76.6 Å². The molecule has 1 aromatic heterocycles. The van der Waals surface area contributed by atoms with Gasteiger partial charge in [0.1, 0.15) is 6.23 Å². The number of carbonyl (C=O) groups excluding carboxylic acids is 1. The predicted molar refractivity (Wildman–Crippen MR) is 129 cm³/mol. The minimum Gasteiger partial charge on any atom is -0.374 e. The van der Waals surface area contributed by atoms with E-state index in [1.165, 1.54) is 17.0 Å². The number of nitrogens with zero attached hydrogens (tertiary/aromatic N) is 1. The summed E-state index contributed by atoms with van der Waals surface area (Å²) >= 11 is 1.46. The monoisotopic (exact) mass is 436 g/mol. The standard InChI is InChI=1S/C24H28N4O2S/c1-16(29)26-18-5-3-17(4-6-18)22-11-12-23(31-22)24(30)27-19-7-9-21(10-8-19)28-14-13-20(15-28)25-2/h3-12,16,20,25-26,29H,13-15H2,1-2H3,(H,27,30). The zero-order valence-electron chi connectivity index (χ0n) is 17.8. The summed E-state index contributed by atoms with van der Waals surface area (Å²) in [5.41, 5.74) is 3.87. The summed E-state index contributed by atoms with van der Waals surface area (Å²) in [4.78, 5) is 16.8. The molecule has 2 heterocycles. The zero-order chi connectivity index (χ0) is 21.8. The highest BCUT2D eigenvalue weighted by Gasteiger charge is 2.21. The van der Waals surface area contributed by atoms with Crippen LogP contribution in [0.4, 0.5) is 17.1 Å². The summed E-state index contributed by atoms with van der Waals surface area (Å²) in [5, 5.41) is 18.7. The molecule has 0 radical (unpaired) electrons. The number of amides is 1. The number of benzene rings is 2. The van der Waals surface area contributed by atoms with Gasteiger partial charge in [-0.2, -0.15) is 0 Å². The number of nitrogens with one attached hydrogen (secondary N) is 3. The highest BCUT2D eigenvalue weighted by atomic mass is 32.1. The number of anilines is 3. The number of thiophene rings is 1. The maximum atomic E-state index is 12.7. The fraction of sp³-hybridized carbons (Fsp3) is 0.292. The first-order chi connectivity index (χ1) is 15.0. The lowest BCUT2D eigenvalue weighted by atomic mass is 10.1. The smallest absolute Gasteiger partial charge is 0.265 e. The van der Waals surface area contributed by atoms with Crippen molar-refractivity contribution in [1.82, 2.24) is 5.32 Å². The van der Waals surface area contributed by atoms with Crippen molar-refractivity contribution >= 4 is 34.3 Å². The average molecular weight is 437 g/mol. The van der Waals surface area contributed by atoms with Crippen LogP contribution in [-0.4, -0.2) is 43.4 Å². The van der Waals surface area contributed by atoms with Crippen LogP contribution in [0.15, 0.2) is 60.7 Å². The lowest BCUT2D eigenvalue weighted by molar-refractivity contribution is 0.103. The highest BCUT2D eigenvalue weighted by Crippen LogP contribution is 2.30.